The number of methoxy groups -OCH3 is 1. The highest BCUT2D eigenvalue weighted by Gasteiger charge is 2.26. The highest BCUT2D eigenvalue weighted by Crippen LogP contribution is 2.34. The smallest absolute Gasteiger partial charge is 0.225 e. The predicted molar refractivity (Wildman–Crippen MR) is 134 cm³/mol. The molecule has 3 aromatic rings. The van der Waals surface area contributed by atoms with Crippen molar-refractivity contribution in [2.45, 2.75) is 44.6 Å². The number of benzene rings is 1. The Morgan fingerprint density at radius 3 is 2.59 bits per heavy atom. The Hall–Kier alpha value is -3.26. The Morgan fingerprint density at radius 2 is 1.79 bits per heavy atom. The largest absolute Gasteiger partial charge is 0.497 e. The zero-order chi connectivity index (χ0) is 23.3. The second-order valence-corrected chi connectivity index (χ2v) is 9.23. The molecule has 1 aromatic carbocycles. The number of aromatic nitrogens is 4. The van der Waals surface area contributed by atoms with Gasteiger partial charge in [-0.2, -0.15) is 0 Å². The zero-order valence-corrected chi connectivity index (χ0v) is 19.9. The number of nitrogens with two attached hydrogens (primary N) is 1. The summed E-state index contributed by atoms with van der Waals surface area (Å²) in [5.74, 6) is 2.32. The number of piperidine rings is 2. The number of ether oxygens (including phenoxy) is 1. The summed E-state index contributed by atoms with van der Waals surface area (Å²) in [7, 11) is 1.68. The normalized spacial score (nSPS) is 19.2. The summed E-state index contributed by atoms with van der Waals surface area (Å²) < 4.78 is 5.32. The van der Waals surface area contributed by atoms with Gasteiger partial charge in [0.25, 0.3) is 0 Å². The number of likely N-dealkylation sites (tertiary alicyclic amines) is 1. The third-order valence-electron chi connectivity index (χ3n) is 6.86. The van der Waals surface area contributed by atoms with Crippen molar-refractivity contribution < 1.29 is 4.74 Å². The van der Waals surface area contributed by atoms with Crippen molar-refractivity contribution in [2.75, 3.05) is 43.9 Å². The molecule has 4 heterocycles. The summed E-state index contributed by atoms with van der Waals surface area (Å²) in [6.07, 6.45) is 9.70. The maximum atomic E-state index is 6.03. The minimum Gasteiger partial charge on any atom is -0.497 e. The van der Waals surface area contributed by atoms with Gasteiger partial charge in [0.05, 0.1) is 18.5 Å². The molecule has 1 atom stereocenters. The first-order valence-electron chi connectivity index (χ1n) is 12.3. The van der Waals surface area contributed by atoms with Crippen LogP contribution < -0.4 is 15.4 Å². The van der Waals surface area contributed by atoms with Crippen molar-refractivity contribution in [3.05, 3.63) is 54.1 Å². The molecule has 5 rings (SSSR count). The van der Waals surface area contributed by atoms with E-state index in [9.17, 15) is 0 Å². The average molecular weight is 460 g/mol. The Bertz CT molecular complexity index is 1100. The second-order valence-electron chi connectivity index (χ2n) is 9.23. The van der Waals surface area contributed by atoms with Gasteiger partial charge < -0.3 is 15.4 Å². The van der Waals surface area contributed by atoms with Gasteiger partial charge in [-0.3, -0.25) is 4.90 Å². The molecule has 0 bridgehead atoms. The van der Waals surface area contributed by atoms with Crippen molar-refractivity contribution in [1.82, 2.24) is 24.8 Å². The SMILES string of the molecule is COc1ccc(-c2cnc(N)nc2[C@H]2CCCN(Cc3ccnc(N4CCCCC4)n3)C2)cc1. The molecule has 34 heavy (non-hydrogen) atoms. The summed E-state index contributed by atoms with van der Waals surface area (Å²) in [5.41, 5.74) is 10.2. The molecule has 0 radical (unpaired) electrons. The average Bonchev–Trinajstić information content (AvgIpc) is 2.89. The quantitative estimate of drug-likeness (QED) is 0.593. The van der Waals surface area contributed by atoms with E-state index in [2.05, 4.69) is 31.9 Å². The summed E-state index contributed by atoms with van der Waals surface area (Å²) in [6.45, 7) is 4.90. The molecule has 8 nitrogen and oxygen atoms in total. The molecule has 2 saturated heterocycles. The summed E-state index contributed by atoms with van der Waals surface area (Å²) in [6, 6.07) is 10.1. The van der Waals surface area contributed by atoms with Crippen LogP contribution in [0.2, 0.25) is 0 Å². The van der Waals surface area contributed by atoms with Crippen LogP contribution in [-0.4, -0.2) is 58.1 Å². The van der Waals surface area contributed by atoms with Gasteiger partial charge in [-0.05, 0) is 62.4 Å². The van der Waals surface area contributed by atoms with Gasteiger partial charge in [-0.15, -0.1) is 0 Å². The third-order valence-corrected chi connectivity index (χ3v) is 6.86. The van der Waals surface area contributed by atoms with Crippen LogP contribution in [0.25, 0.3) is 11.1 Å². The van der Waals surface area contributed by atoms with Crippen molar-refractivity contribution >= 4 is 11.9 Å². The first-order valence-corrected chi connectivity index (χ1v) is 12.3. The maximum absolute atomic E-state index is 6.03. The minimum atomic E-state index is 0.291. The number of nitrogens with zero attached hydrogens (tertiary/aromatic N) is 6. The van der Waals surface area contributed by atoms with Crippen LogP contribution >= 0.6 is 0 Å². The lowest BCUT2D eigenvalue weighted by molar-refractivity contribution is 0.196. The molecule has 0 amide bonds. The van der Waals surface area contributed by atoms with E-state index in [1.54, 1.807) is 7.11 Å². The van der Waals surface area contributed by atoms with Crippen molar-refractivity contribution in [3.63, 3.8) is 0 Å². The van der Waals surface area contributed by atoms with Crippen LogP contribution in [0.3, 0.4) is 0 Å². The Balaban J connectivity index is 1.33. The van der Waals surface area contributed by atoms with E-state index < -0.39 is 0 Å². The summed E-state index contributed by atoms with van der Waals surface area (Å²) >= 11 is 0. The van der Waals surface area contributed by atoms with Crippen molar-refractivity contribution in [1.29, 1.82) is 0 Å². The number of nitrogen functional groups attached to an aromatic ring is 1. The molecule has 2 fully saturated rings. The number of hydrogen-bond donors (Lipinski definition) is 1. The van der Waals surface area contributed by atoms with Gasteiger partial charge in [0, 0.05) is 50.1 Å². The van der Waals surface area contributed by atoms with Crippen LogP contribution in [0.1, 0.15) is 49.4 Å². The highest BCUT2D eigenvalue weighted by atomic mass is 16.5. The van der Waals surface area contributed by atoms with Crippen molar-refractivity contribution in [3.8, 4) is 16.9 Å². The van der Waals surface area contributed by atoms with Crippen LogP contribution in [0.4, 0.5) is 11.9 Å². The lowest BCUT2D eigenvalue weighted by Gasteiger charge is -2.33. The third kappa shape index (κ3) is 5.12. The molecule has 0 unspecified atom stereocenters. The molecular formula is C26H33N7O. The van der Waals surface area contributed by atoms with Gasteiger partial charge in [-0.25, -0.2) is 19.9 Å². The van der Waals surface area contributed by atoms with Gasteiger partial charge in [-0.1, -0.05) is 12.1 Å². The van der Waals surface area contributed by atoms with E-state index in [0.717, 1.165) is 79.8 Å². The highest BCUT2D eigenvalue weighted by molar-refractivity contribution is 5.67. The van der Waals surface area contributed by atoms with Gasteiger partial charge in [0.2, 0.25) is 11.9 Å². The summed E-state index contributed by atoms with van der Waals surface area (Å²) in [5, 5.41) is 0. The molecule has 0 aliphatic carbocycles. The number of anilines is 2. The summed E-state index contributed by atoms with van der Waals surface area (Å²) in [4.78, 5) is 23.2. The van der Waals surface area contributed by atoms with Gasteiger partial charge >= 0.3 is 0 Å². The van der Waals surface area contributed by atoms with Gasteiger partial charge in [0.15, 0.2) is 0 Å². The fourth-order valence-electron chi connectivity index (χ4n) is 5.08. The molecule has 2 aromatic heterocycles. The van der Waals surface area contributed by atoms with Crippen LogP contribution in [-0.2, 0) is 6.54 Å². The fourth-order valence-corrected chi connectivity index (χ4v) is 5.08. The molecule has 2 aliphatic rings. The predicted octanol–water partition coefficient (Wildman–Crippen LogP) is 3.89. The van der Waals surface area contributed by atoms with E-state index in [4.69, 9.17) is 20.4 Å². The van der Waals surface area contributed by atoms with Crippen molar-refractivity contribution in [2.24, 2.45) is 0 Å². The monoisotopic (exact) mass is 459 g/mol. The van der Waals surface area contributed by atoms with E-state index in [1.807, 2.05) is 30.6 Å². The fraction of sp³-hybridized carbons (Fsp3) is 0.462. The maximum Gasteiger partial charge on any atom is 0.225 e. The number of hydrogen-bond acceptors (Lipinski definition) is 8. The molecule has 2 aliphatic heterocycles. The molecule has 0 spiro atoms. The van der Waals surface area contributed by atoms with Gasteiger partial charge in [0.1, 0.15) is 5.75 Å². The first-order chi connectivity index (χ1) is 16.7. The van der Waals surface area contributed by atoms with Crippen LogP contribution in [0.15, 0.2) is 42.7 Å². The van der Waals surface area contributed by atoms with E-state index in [1.165, 1.54) is 19.3 Å². The van der Waals surface area contributed by atoms with Crippen LogP contribution in [0, 0.1) is 0 Å². The molecule has 8 heteroatoms. The lowest BCUT2D eigenvalue weighted by atomic mass is 9.90. The van der Waals surface area contributed by atoms with E-state index in [0.29, 0.717) is 11.9 Å². The number of rotatable bonds is 6. The van der Waals surface area contributed by atoms with E-state index in [-0.39, 0.29) is 0 Å². The first kappa shape index (κ1) is 22.5. The molecule has 0 saturated carbocycles. The molecule has 2 N–H and O–H groups in total. The Kier molecular flexibility index (Phi) is 6.85. The van der Waals surface area contributed by atoms with E-state index >= 15 is 0 Å². The standard InChI is InChI=1S/C26H33N7O/c1-34-22-9-7-19(8-10-22)23-16-29-25(27)31-24(23)20-6-5-13-32(17-20)18-21-11-12-28-26(30-21)33-14-3-2-4-15-33/h7-12,16,20H,2-6,13-15,17-18H2,1H3,(H2,27,29,31)/t20-/m0/s1. The molecule has 178 valence electrons. The molecular weight excluding hydrogens is 426 g/mol. The lowest BCUT2D eigenvalue weighted by Crippen LogP contribution is -2.35. The second kappa shape index (κ2) is 10.3. The van der Waals surface area contributed by atoms with Crippen LogP contribution in [0.5, 0.6) is 5.75 Å². The Labute approximate surface area is 201 Å². The zero-order valence-electron chi connectivity index (χ0n) is 19.9. The topological polar surface area (TPSA) is 93.3 Å². The minimum absolute atomic E-state index is 0.291. The Morgan fingerprint density at radius 1 is 0.971 bits per heavy atom.